The molecule has 19 heavy (non-hydrogen) atoms. The smallest absolute Gasteiger partial charge is 0.245 e. The summed E-state index contributed by atoms with van der Waals surface area (Å²) in [6.45, 7) is 4.32. The zero-order valence-corrected chi connectivity index (χ0v) is 12.7. The van der Waals surface area contributed by atoms with Crippen LogP contribution in [0.3, 0.4) is 0 Å². The molecular formula is C13H23N3O2S. The molecule has 1 aromatic heterocycles. The molecule has 1 saturated heterocycles. The van der Waals surface area contributed by atoms with E-state index < -0.39 is 10.0 Å². The summed E-state index contributed by atoms with van der Waals surface area (Å²) in [5.41, 5.74) is 6.44. The summed E-state index contributed by atoms with van der Waals surface area (Å²) in [6, 6.07) is 1.81. The van der Waals surface area contributed by atoms with E-state index in [0.29, 0.717) is 11.4 Å². The summed E-state index contributed by atoms with van der Waals surface area (Å²) in [7, 11) is -1.59. The normalized spacial score (nSPS) is 25.7. The molecule has 0 radical (unpaired) electrons. The third-order valence-electron chi connectivity index (χ3n) is 3.98. The number of sulfonamides is 1. The van der Waals surface area contributed by atoms with Crippen molar-refractivity contribution >= 4 is 10.0 Å². The molecule has 2 rings (SSSR count). The van der Waals surface area contributed by atoms with Gasteiger partial charge in [0.05, 0.1) is 0 Å². The molecule has 0 aromatic carbocycles. The molecule has 1 aromatic rings. The van der Waals surface area contributed by atoms with Crippen molar-refractivity contribution in [2.75, 3.05) is 0 Å². The summed E-state index contributed by atoms with van der Waals surface area (Å²) < 4.78 is 29.0. The summed E-state index contributed by atoms with van der Waals surface area (Å²) in [5.74, 6) is 0. The number of hydrogen-bond donors (Lipinski definition) is 1. The first-order valence-corrected chi connectivity index (χ1v) is 8.20. The Bertz CT molecular complexity index is 540. The Hall–Kier alpha value is -0.850. The summed E-state index contributed by atoms with van der Waals surface area (Å²) in [4.78, 5) is 0.357. The molecule has 0 bridgehead atoms. The number of nitrogens with two attached hydrogens (primary N) is 1. The molecule has 108 valence electrons. The monoisotopic (exact) mass is 285 g/mol. The van der Waals surface area contributed by atoms with Gasteiger partial charge in [-0.05, 0) is 32.8 Å². The lowest BCUT2D eigenvalue weighted by atomic mass is 10.0. The van der Waals surface area contributed by atoms with Crippen LogP contribution in [0.25, 0.3) is 0 Å². The van der Waals surface area contributed by atoms with Crippen LogP contribution in [0.15, 0.2) is 17.2 Å². The molecule has 0 amide bonds. The van der Waals surface area contributed by atoms with Crippen molar-refractivity contribution in [1.82, 2.24) is 8.87 Å². The quantitative estimate of drug-likeness (QED) is 0.913. The summed E-state index contributed by atoms with van der Waals surface area (Å²) in [6.07, 6.45) is 4.61. The van der Waals surface area contributed by atoms with Gasteiger partial charge in [-0.2, -0.15) is 4.31 Å². The van der Waals surface area contributed by atoms with Gasteiger partial charge in [-0.15, -0.1) is 0 Å². The van der Waals surface area contributed by atoms with E-state index in [2.05, 4.69) is 0 Å². The maximum Gasteiger partial charge on any atom is 0.245 e. The lowest BCUT2D eigenvalue weighted by Gasteiger charge is -2.37. The van der Waals surface area contributed by atoms with Crippen LogP contribution in [0.2, 0.25) is 0 Å². The number of aromatic nitrogens is 1. The maximum atomic E-state index is 12.8. The van der Waals surface area contributed by atoms with Gasteiger partial charge >= 0.3 is 0 Å². The van der Waals surface area contributed by atoms with Crippen LogP contribution >= 0.6 is 0 Å². The van der Waals surface area contributed by atoms with Crippen LogP contribution in [0.5, 0.6) is 0 Å². The predicted molar refractivity (Wildman–Crippen MR) is 75.1 cm³/mol. The molecule has 1 aliphatic heterocycles. The van der Waals surface area contributed by atoms with Gasteiger partial charge in [0, 0.05) is 37.6 Å². The van der Waals surface area contributed by atoms with Crippen molar-refractivity contribution in [1.29, 1.82) is 0 Å². The number of aryl methyl sites for hydroxylation is 1. The maximum absolute atomic E-state index is 12.8. The third kappa shape index (κ3) is 2.57. The summed E-state index contributed by atoms with van der Waals surface area (Å²) in [5, 5.41) is 0. The lowest BCUT2D eigenvalue weighted by Crippen LogP contribution is -2.47. The fourth-order valence-electron chi connectivity index (χ4n) is 2.91. The van der Waals surface area contributed by atoms with Gasteiger partial charge < -0.3 is 10.3 Å². The molecule has 6 heteroatoms. The van der Waals surface area contributed by atoms with Crippen LogP contribution in [-0.2, 0) is 23.6 Å². The molecule has 1 fully saturated rings. The highest BCUT2D eigenvalue weighted by atomic mass is 32.2. The Kier molecular flexibility index (Phi) is 4.03. The fraction of sp³-hybridized carbons (Fsp3) is 0.692. The van der Waals surface area contributed by atoms with Crippen molar-refractivity contribution in [3.63, 3.8) is 0 Å². The molecule has 1 aliphatic rings. The highest BCUT2D eigenvalue weighted by Crippen LogP contribution is 2.30. The molecule has 0 aliphatic carbocycles. The van der Waals surface area contributed by atoms with Gasteiger partial charge in [0.1, 0.15) is 4.90 Å². The second kappa shape index (κ2) is 5.26. The fourth-order valence-corrected chi connectivity index (χ4v) is 4.89. The van der Waals surface area contributed by atoms with Gasteiger partial charge in [-0.25, -0.2) is 8.42 Å². The van der Waals surface area contributed by atoms with E-state index >= 15 is 0 Å². The molecule has 2 unspecified atom stereocenters. The largest absolute Gasteiger partial charge is 0.352 e. The van der Waals surface area contributed by atoms with Gasteiger partial charge in [-0.1, -0.05) is 6.42 Å². The standard InChI is InChI=1S/C13H23N3O2S/c1-10-5-4-6-11(2)16(10)19(17,18)13-7-12(8-14)15(3)9-13/h7,9-11H,4-6,8,14H2,1-3H3. The minimum atomic E-state index is -3.42. The van der Waals surface area contributed by atoms with E-state index in [1.54, 1.807) is 21.1 Å². The van der Waals surface area contributed by atoms with E-state index in [0.717, 1.165) is 25.0 Å². The number of rotatable bonds is 3. The molecule has 0 saturated carbocycles. The first-order valence-electron chi connectivity index (χ1n) is 6.76. The second-order valence-corrected chi connectivity index (χ2v) is 7.29. The van der Waals surface area contributed by atoms with E-state index in [4.69, 9.17) is 5.73 Å². The van der Waals surface area contributed by atoms with Gasteiger partial charge in [0.2, 0.25) is 10.0 Å². The van der Waals surface area contributed by atoms with Crippen LogP contribution < -0.4 is 5.73 Å². The number of piperidine rings is 1. The highest BCUT2D eigenvalue weighted by molar-refractivity contribution is 7.89. The second-order valence-electron chi connectivity index (χ2n) is 5.45. The third-order valence-corrected chi connectivity index (χ3v) is 6.07. The highest BCUT2D eigenvalue weighted by Gasteiger charge is 2.36. The van der Waals surface area contributed by atoms with Gasteiger partial charge in [0.15, 0.2) is 0 Å². The van der Waals surface area contributed by atoms with E-state index in [9.17, 15) is 8.42 Å². The molecule has 5 nitrogen and oxygen atoms in total. The van der Waals surface area contributed by atoms with Crippen molar-refractivity contribution in [3.8, 4) is 0 Å². The van der Waals surface area contributed by atoms with Crippen molar-refractivity contribution in [2.24, 2.45) is 12.8 Å². The van der Waals surface area contributed by atoms with Crippen molar-refractivity contribution < 1.29 is 8.42 Å². The lowest BCUT2D eigenvalue weighted by molar-refractivity contribution is 0.204. The van der Waals surface area contributed by atoms with Crippen LogP contribution in [0, 0.1) is 0 Å². The van der Waals surface area contributed by atoms with Crippen LogP contribution in [-0.4, -0.2) is 29.4 Å². The zero-order chi connectivity index (χ0) is 14.2. The Morgan fingerprint density at radius 3 is 2.37 bits per heavy atom. The molecule has 2 N–H and O–H groups in total. The SMILES string of the molecule is CC1CCCC(C)N1S(=O)(=O)c1cc(CN)n(C)c1. The van der Waals surface area contributed by atoms with Crippen molar-refractivity contribution in [2.45, 2.75) is 56.6 Å². The van der Waals surface area contributed by atoms with Gasteiger partial charge in [0.25, 0.3) is 0 Å². The van der Waals surface area contributed by atoms with E-state index in [1.165, 1.54) is 0 Å². The van der Waals surface area contributed by atoms with E-state index in [-0.39, 0.29) is 12.1 Å². The van der Waals surface area contributed by atoms with E-state index in [1.807, 2.05) is 20.9 Å². The molecule has 0 spiro atoms. The van der Waals surface area contributed by atoms with Crippen LogP contribution in [0.4, 0.5) is 0 Å². The zero-order valence-electron chi connectivity index (χ0n) is 11.8. The number of hydrogen-bond acceptors (Lipinski definition) is 3. The van der Waals surface area contributed by atoms with Crippen molar-refractivity contribution in [3.05, 3.63) is 18.0 Å². The topological polar surface area (TPSA) is 68.3 Å². The Balaban J connectivity index is 2.40. The first-order chi connectivity index (χ1) is 8.87. The Morgan fingerprint density at radius 1 is 1.32 bits per heavy atom. The Morgan fingerprint density at radius 2 is 1.89 bits per heavy atom. The average molecular weight is 285 g/mol. The number of nitrogens with zero attached hydrogens (tertiary/aromatic N) is 2. The van der Waals surface area contributed by atoms with Gasteiger partial charge in [-0.3, -0.25) is 0 Å². The predicted octanol–water partition coefficient (Wildman–Crippen LogP) is 1.44. The molecule has 2 atom stereocenters. The van der Waals surface area contributed by atoms with Crippen LogP contribution in [0.1, 0.15) is 38.8 Å². The summed E-state index contributed by atoms with van der Waals surface area (Å²) >= 11 is 0. The minimum Gasteiger partial charge on any atom is -0.352 e. The Labute approximate surface area is 115 Å². The molecular weight excluding hydrogens is 262 g/mol. The first kappa shape index (κ1) is 14.6. The minimum absolute atomic E-state index is 0.0651. The average Bonchev–Trinajstić information content (AvgIpc) is 2.70. The molecule has 2 heterocycles.